The molecule has 0 aliphatic carbocycles. The number of ether oxygens (including phenoxy) is 1. The molecule has 3 heteroatoms. The van der Waals surface area contributed by atoms with Crippen molar-refractivity contribution in [3.63, 3.8) is 0 Å². The average Bonchev–Trinajstić information content (AvgIpc) is 2.16. The highest BCUT2D eigenvalue weighted by molar-refractivity contribution is 6.13. The van der Waals surface area contributed by atoms with Crippen molar-refractivity contribution in [3.05, 3.63) is 29.8 Å². The number of para-hydroxylation sites is 1. The third kappa shape index (κ3) is 1.90. The first-order chi connectivity index (χ1) is 5.79. The van der Waals surface area contributed by atoms with Crippen molar-refractivity contribution in [2.45, 2.75) is 13.0 Å². The maximum atomic E-state index is 5.51. The first-order valence-electron chi connectivity index (χ1n) is 3.78. The van der Waals surface area contributed by atoms with E-state index in [2.05, 4.69) is 4.84 Å². The van der Waals surface area contributed by atoms with Gasteiger partial charge in [0.05, 0.1) is 7.11 Å². The first-order valence-corrected chi connectivity index (χ1v) is 4.16. The largest absolute Gasteiger partial charge is 0.496 e. The van der Waals surface area contributed by atoms with Crippen LogP contribution in [-0.2, 0) is 0 Å². The Hall–Kier alpha value is -0.730. The first kappa shape index (κ1) is 9.36. The van der Waals surface area contributed by atoms with Crippen molar-refractivity contribution in [2.24, 2.45) is 0 Å². The summed E-state index contributed by atoms with van der Waals surface area (Å²) in [6, 6.07) is 7.90. The van der Waals surface area contributed by atoms with E-state index in [-0.39, 0.29) is 6.04 Å². The van der Waals surface area contributed by atoms with Crippen molar-refractivity contribution < 1.29 is 4.74 Å². The summed E-state index contributed by atoms with van der Waals surface area (Å²) in [6.45, 7) is 1.98. The molecule has 2 nitrogen and oxygen atoms in total. The van der Waals surface area contributed by atoms with E-state index in [4.69, 9.17) is 16.5 Å². The predicted molar refractivity (Wildman–Crippen MR) is 50.4 cm³/mol. The van der Waals surface area contributed by atoms with E-state index < -0.39 is 0 Å². The van der Waals surface area contributed by atoms with Crippen LogP contribution in [0.5, 0.6) is 5.75 Å². The fourth-order valence-electron chi connectivity index (χ4n) is 1.08. The van der Waals surface area contributed by atoms with Gasteiger partial charge in [0.2, 0.25) is 0 Å². The Morgan fingerprint density at radius 2 is 2.08 bits per heavy atom. The lowest BCUT2D eigenvalue weighted by molar-refractivity contribution is 0.406. The highest BCUT2D eigenvalue weighted by atomic mass is 35.5. The average molecular weight is 186 g/mol. The molecule has 0 aliphatic heterocycles. The van der Waals surface area contributed by atoms with Crippen LogP contribution in [0.3, 0.4) is 0 Å². The molecule has 0 aromatic heterocycles. The van der Waals surface area contributed by atoms with Gasteiger partial charge in [-0.25, -0.2) is 4.84 Å². The van der Waals surface area contributed by atoms with Gasteiger partial charge in [0.1, 0.15) is 5.75 Å². The van der Waals surface area contributed by atoms with Crippen molar-refractivity contribution in [3.8, 4) is 5.75 Å². The third-order valence-electron chi connectivity index (χ3n) is 1.77. The van der Waals surface area contributed by atoms with Gasteiger partial charge in [0.25, 0.3) is 0 Å². The Morgan fingerprint density at radius 1 is 1.42 bits per heavy atom. The standard InChI is InChI=1S/C9H12ClNO/c1-7(11-10)8-5-3-4-6-9(8)12-2/h3-7,11H,1-2H3/t7-/m0/s1. The molecule has 0 spiro atoms. The Labute approximate surface area is 77.6 Å². The van der Waals surface area contributed by atoms with E-state index in [1.165, 1.54) is 0 Å². The van der Waals surface area contributed by atoms with Crippen molar-refractivity contribution in [2.75, 3.05) is 7.11 Å². The smallest absolute Gasteiger partial charge is 0.123 e. The molecule has 0 saturated heterocycles. The van der Waals surface area contributed by atoms with E-state index >= 15 is 0 Å². The molecular weight excluding hydrogens is 174 g/mol. The summed E-state index contributed by atoms with van der Waals surface area (Å²) in [4.78, 5) is 2.65. The molecular formula is C9H12ClNO. The fourth-order valence-corrected chi connectivity index (χ4v) is 1.20. The third-order valence-corrected chi connectivity index (χ3v) is 2.10. The zero-order valence-electron chi connectivity index (χ0n) is 7.17. The predicted octanol–water partition coefficient (Wildman–Crippen LogP) is 2.50. The maximum absolute atomic E-state index is 5.51. The lowest BCUT2D eigenvalue weighted by Gasteiger charge is -2.12. The van der Waals surface area contributed by atoms with Crippen molar-refractivity contribution >= 4 is 11.8 Å². The summed E-state index contributed by atoms with van der Waals surface area (Å²) in [7, 11) is 1.65. The summed E-state index contributed by atoms with van der Waals surface area (Å²) >= 11 is 5.51. The van der Waals surface area contributed by atoms with Gasteiger partial charge in [-0.15, -0.1) is 0 Å². The van der Waals surface area contributed by atoms with Crippen LogP contribution in [0.2, 0.25) is 0 Å². The molecule has 12 heavy (non-hydrogen) atoms. The number of benzene rings is 1. The quantitative estimate of drug-likeness (QED) is 0.731. The summed E-state index contributed by atoms with van der Waals surface area (Å²) < 4.78 is 5.17. The monoisotopic (exact) mass is 185 g/mol. The molecule has 1 rings (SSSR count). The molecule has 1 atom stereocenters. The second-order valence-corrected chi connectivity index (χ2v) is 2.79. The molecule has 0 heterocycles. The van der Waals surface area contributed by atoms with Crippen LogP contribution in [-0.4, -0.2) is 7.11 Å². The minimum Gasteiger partial charge on any atom is -0.496 e. The van der Waals surface area contributed by atoms with Gasteiger partial charge in [0.15, 0.2) is 0 Å². The molecule has 0 aliphatic rings. The summed E-state index contributed by atoms with van der Waals surface area (Å²) in [5.41, 5.74) is 1.06. The minimum absolute atomic E-state index is 0.0998. The normalized spacial score (nSPS) is 12.6. The number of methoxy groups -OCH3 is 1. The van der Waals surface area contributed by atoms with E-state index in [0.29, 0.717) is 0 Å². The fraction of sp³-hybridized carbons (Fsp3) is 0.333. The van der Waals surface area contributed by atoms with E-state index in [1.54, 1.807) is 7.11 Å². The molecule has 0 bridgehead atoms. The van der Waals surface area contributed by atoms with Crippen LogP contribution in [0, 0.1) is 0 Å². The topological polar surface area (TPSA) is 21.3 Å². The van der Waals surface area contributed by atoms with E-state index in [1.807, 2.05) is 31.2 Å². The summed E-state index contributed by atoms with van der Waals surface area (Å²) in [5, 5.41) is 0. The molecule has 0 unspecified atom stereocenters. The molecule has 0 saturated carbocycles. The molecule has 0 radical (unpaired) electrons. The number of rotatable bonds is 3. The second-order valence-electron chi connectivity index (χ2n) is 2.57. The summed E-state index contributed by atoms with van der Waals surface area (Å²) in [5.74, 6) is 0.859. The van der Waals surface area contributed by atoms with Crippen molar-refractivity contribution in [1.82, 2.24) is 4.84 Å². The minimum atomic E-state index is 0.0998. The van der Waals surface area contributed by atoms with Crippen LogP contribution < -0.4 is 9.57 Å². The van der Waals surface area contributed by atoms with Gasteiger partial charge in [-0.2, -0.15) is 0 Å². The Balaban J connectivity index is 2.96. The molecule has 1 aromatic carbocycles. The molecule has 0 fully saturated rings. The number of hydrogen-bond donors (Lipinski definition) is 1. The van der Waals surface area contributed by atoms with Gasteiger partial charge < -0.3 is 4.74 Å². The molecule has 0 amide bonds. The lowest BCUT2D eigenvalue weighted by Crippen LogP contribution is -2.07. The highest BCUT2D eigenvalue weighted by Gasteiger charge is 2.07. The second kappa shape index (κ2) is 4.33. The zero-order chi connectivity index (χ0) is 8.97. The maximum Gasteiger partial charge on any atom is 0.123 e. The summed E-state index contributed by atoms with van der Waals surface area (Å²) in [6.07, 6.45) is 0. The van der Waals surface area contributed by atoms with Gasteiger partial charge in [-0.05, 0) is 24.8 Å². The van der Waals surface area contributed by atoms with Crippen molar-refractivity contribution in [1.29, 1.82) is 0 Å². The Morgan fingerprint density at radius 3 is 2.67 bits per heavy atom. The van der Waals surface area contributed by atoms with E-state index in [0.717, 1.165) is 11.3 Å². The SMILES string of the molecule is COc1ccccc1[C@H](C)NCl. The van der Waals surface area contributed by atoms with E-state index in [9.17, 15) is 0 Å². The van der Waals surface area contributed by atoms with Crippen LogP contribution in [0.4, 0.5) is 0 Å². The Bertz CT molecular complexity index is 252. The van der Waals surface area contributed by atoms with Gasteiger partial charge >= 0.3 is 0 Å². The van der Waals surface area contributed by atoms with Crippen LogP contribution >= 0.6 is 11.8 Å². The number of nitrogens with one attached hydrogen (secondary N) is 1. The number of hydrogen-bond acceptors (Lipinski definition) is 2. The Kier molecular flexibility index (Phi) is 3.38. The van der Waals surface area contributed by atoms with Gasteiger partial charge in [-0.1, -0.05) is 18.2 Å². The van der Waals surface area contributed by atoms with Crippen LogP contribution in [0.15, 0.2) is 24.3 Å². The van der Waals surface area contributed by atoms with Gasteiger partial charge in [0, 0.05) is 11.6 Å². The molecule has 1 N–H and O–H groups in total. The lowest BCUT2D eigenvalue weighted by atomic mass is 10.1. The van der Waals surface area contributed by atoms with Gasteiger partial charge in [-0.3, -0.25) is 0 Å². The molecule has 1 aromatic rings. The van der Waals surface area contributed by atoms with Crippen LogP contribution in [0.25, 0.3) is 0 Å². The molecule has 66 valence electrons. The van der Waals surface area contributed by atoms with Crippen LogP contribution in [0.1, 0.15) is 18.5 Å². The zero-order valence-corrected chi connectivity index (χ0v) is 7.93. The number of halogens is 1. The highest BCUT2D eigenvalue weighted by Crippen LogP contribution is 2.24.